The van der Waals surface area contributed by atoms with E-state index in [0.717, 1.165) is 16.7 Å². The van der Waals surface area contributed by atoms with E-state index < -0.39 is 17.7 Å². The Kier molecular flexibility index (Phi) is 5.73. The number of Topliss-reactive ketones (excluding diaryl/α,β-unsaturated/α-hetero) is 1. The highest BCUT2D eigenvalue weighted by Crippen LogP contribution is 2.42. The van der Waals surface area contributed by atoms with Crippen molar-refractivity contribution < 1.29 is 19.4 Å². The van der Waals surface area contributed by atoms with E-state index in [-0.39, 0.29) is 17.9 Å². The van der Waals surface area contributed by atoms with E-state index in [1.807, 2.05) is 26.0 Å². The molecule has 3 heterocycles. The van der Waals surface area contributed by atoms with Gasteiger partial charge < -0.3 is 14.7 Å². The van der Waals surface area contributed by atoms with Gasteiger partial charge in [-0.15, -0.1) is 0 Å². The molecule has 1 unspecified atom stereocenters. The first kappa shape index (κ1) is 21.2. The maximum atomic E-state index is 13.2. The topological polar surface area (TPSA) is 92.6 Å². The number of benzene rings is 1. The monoisotopic (exact) mass is 429 g/mol. The van der Waals surface area contributed by atoms with Crippen LogP contribution in [-0.4, -0.2) is 38.8 Å². The van der Waals surface area contributed by atoms with Crippen molar-refractivity contribution in [2.24, 2.45) is 0 Å². The van der Waals surface area contributed by atoms with Crippen LogP contribution >= 0.6 is 0 Å². The summed E-state index contributed by atoms with van der Waals surface area (Å²) in [6, 6.07) is 9.99. The summed E-state index contributed by atoms with van der Waals surface area (Å²) in [6.07, 6.45) is 6.50. The Bertz CT molecular complexity index is 1210. The lowest BCUT2D eigenvalue weighted by Gasteiger charge is -2.25. The van der Waals surface area contributed by atoms with E-state index in [9.17, 15) is 14.7 Å². The Labute approximate surface area is 186 Å². The van der Waals surface area contributed by atoms with Crippen LogP contribution in [0.4, 0.5) is 0 Å². The van der Waals surface area contributed by atoms with Crippen molar-refractivity contribution in [1.82, 2.24) is 14.9 Å². The summed E-state index contributed by atoms with van der Waals surface area (Å²) < 4.78 is 5.51. The van der Waals surface area contributed by atoms with Gasteiger partial charge >= 0.3 is 0 Å². The zero-order valence-corrected chi connectivity index (χ0v) is 18.1. The van der Waals surface area contributed by atoms with Crippen LogP contribution in [-0.2, 0) is 16.1 Å². The lowest BCUT2D eigenvalue weighted by Crippen LogP contribution is -2.29. The molecular formula is C25H23N3O4. The summed E-state index contributed by atoms with van der Waals surface area (Å²) >= 11 is 0. The fourth-order valence-electron chi connectivity index (χ4n) is 4.16. The normalized spacial score (nSPS) is 17.6. The number of aliphatic hydroxyl groups is 1. The Hall–Kier alpha value is -4.00. The molecule has 0 spiro atoms. The molecule has 162 valence electrons. The Balaban J connectivity index is 1.92. The number of likely N-dealkylation sites (tertiary alicyclic amines) is 1. The molecule has 1 aromatic carbocycles. The summed E-state index contributed by atoms with van der Waals surface area (Å²) in [5, 5.41) is 11.4. The van der Waals surface area contributed by atoms with E-state index in [0.29, 0.717) is 16.9 Å². The maximum Gasteiger partial charge on any atom is 0.295 e. The van der Waals surface area contributed by atoms with E-state index in [1.54, 1.807) is 49.1 Å². The number of ketones is 1. The van der Waals surface area contributed by atoms with E-state index in [2.05, 4.69) is 9.97 Å². The van der Waals surface area contributed by atoms with Gasteiger partial charge in [0.1, 0.15) is 11.5 Å². The van der Waals surface area contributed by atoms with Crippen LogP contribution in [0.1, 0.15) is 33.9 Å². The van der Waals surface area contributed by atoms with E-state index in [4.69, 9.17) is 4.74 Å². The SMILES string of the molecule is COc1c(C)cc(C)cc1/C(O)=C1\C(=O)C(=O)N(Cc2cccnc2)C1c1cccnc1. The van der Waals surface area contributed by atoms with Gasteiger partial charge in [-0.25, -0.2) is 0 Å². The van der Waals surface area contributed by atoms with Gasteiger partial charge in [0.25, 0.3) is 11.7 Å². The van der Waals surface area contributed by atoms with Crippen molar-refractivity contribution >= 4 is 17.4 Å². The van der Waals surface area contributed by atoms with E-state index in [1.165, 1.54) is 12.0 Å². The number of hydrogen-bond acceptors (Lipinski definition) is 6. The predicted molar refractivity (Wildman–Crippen MR) is 119 cm³/mol. The summed E-state index contributed by atoms with van der Waals surface area (Å²) in [7, 11) is 1.51. The van der Waals surface area contributed by atoms with Crippen LogP contribution in [0, 0.1) is 13.8 Å². The minimum atomic E-state index is -0.797. The lowest BCUT2D eigenvalue weighted by molar-refractivity contribution is -0.140. The molecule has 1 saturated heterocycles. The molecule has 1 fully saturated rings. The average molecular weight is 429 g/mol. The van der Waals surface area contributed by atoms with Crippen LogP contribution in [0.5, 0.6) is 5.75 Å². The molecule has 1 amide bonds. The highest BCUT2D eigenvalue weighted by atomic mass is 16.5. The van der Waals surface area contributed by atoms with Gasteiger partial charge in [0, 0.05) is 31.3 Å². The van der Waals surface area contributed by atoms with Gasteiger partial charge in [-0.05, 0) is 54.3 Å². The number of hydrogen-bond donors (Lipinski definition) is 1. The molecule has 1 N–H and O–H groups in total. The molecule has 2 aromatic heterocycles. The van der Waals surface area contributed by atoms with Crippen molar-refractivity contribution in [3.05, 3.63) is 94.6 Å². The lowest BCUT2D eigenvalue weighted by atomic mass is 9.94. The highest BCUT2D eigenvalue weighted by molar-refractivity contribution is 6.46. The van der Waals surface area contributed by atoms with Crippen LogP contribution in [0.15, 0.2) is 66.8 Å². The summed E-state index contributed by atoms with van der Waals surface area (Å²) in [6.45, 7) is 3.92. The number of carbonyl (C=O) groups excluding carboxylic acids is 2. The Morgan fingerprint density at radius 1 is 1.09 bits per heavy atom. The second-order valence-corrected chi connectivity index (χ2v) is 7.74. The van der Waals surface area contributed by atoms with Gasteiger partial charge in [-0.2, -0.15) is 0 Å². The summed E-state index contributed by atoms with van der Waals surface area (Å²) in [5.74, 6) is -1.25. The van der Waals surface area contributed by atoms with Crippen LogP contribution < -0.4 is 4.74 Å². The van der Waals surface area contributed by atoms with Gasteiger partial charge in [0.2, 0.25) is 0 Å². The highest BCUT2D eigenvalue weighted by Gasteiger charge is 2.46. The largest absolute Gasteiger partial charge is 0.507 e. The standard InChI is InChI=1S/C25H23N3O4/c1-15-10-16(2)24(32-3)19(11-15)22(29)20-21(18-7-5-9-27-13-18)28(25(31)23(20)30)14-17-6-4-8-26-12-17/h4-13,21,29H,14H2,1-3H3/b22-20+. The molecule has 1 aliphatic heterocycles. The average Bonchev–Trinajstić information content (AvgIpc) is 3.04. The zero-order chi connectivity index (χ0) is 22.8. The zero-order valence-electron chi connectivity index (χ0n) is 18.1. The predicted octanol–water partition coefficient (Wildman–Crippen LogP) is 3.72. The fraction of sp³-hybridized carbons (Fsp3) is 0.200. The van der Waals surface area contributed by atoms with Crippen molar-refractivity contribution in [3.63, 3.8) is 0 Å². The van der Waals surface area contributed by atoms with Gasteiger partial charge in [-0.3, -0.25) is 19.6 Å². The third kappa shape index (κ3) is 3.73. The maximum absolute atomic E-state index is 13.2. The second-order valence-electron chi connectivity index (χ2n) is 7.74. The molecule has 7 heteroatoms. The third-order valence-electron chi connectivity index (χ3n) is 5.49. The van der Waals surface area contributed by atoms with Gasteiger partial charge in [-0.1, -0.05) is 18.2 Å². The summed E-state index contributed by atoms with van der Waals surface area (Å²) in [4.78, 5) is 36.0. The second kappa shape index (κ2) is 8.63. The van der Waals surface area contributed by atoms with Crippen molar-refractivity contribution in [1.29, 1.82) is 0 Å². The number of carbonyl (C=O) groups is 2. The van der Waals surface area contributed by atoms with Crippen molar-refractivity contribution in [2.75, 3.05) is 7.11 Å². The number of amides is 1. The van der Waals surface area contributed by atoms with Crippen LogP contribution in [0.2, 0.25) is 0 Å². The quantitative estimate of drug-likeness (QED) is 0.378. The molecule has 0 aliphatic carbocycles. The van der Waals surface area contributed by atoms with Gasteiger partial charge in [0.15, 0.2) is 0 Å². The Morgan fingerprint density at radius 2 is 1.81 bits per heavy atom. The first-order chi connectivity index (χ1) is 15.4. The first-order valence-corrected chi connectivity index (χ1v) is 10.1. The molecule has 1 atom stereocenters. The van der Waals surface area contributed by atoms with Crippen LogP contribution in [0.25, 0.3) is 5.76 Å². The van der Waals surface area contributed by atoms with Crippen molar-refractivity contribution in [2.45, 2.75) is 26.4 Å². The number of aryl methyl sites for hydroxylation is 2. The number of pyridine rings is 2. The molecule has 0 bridgehead atoms. The number of aromatic nitrogens is 2. The number of nitrogens with zero attached hydrogens (tertiary/aromatic N) is 3. The van der Waals surface area contributed by atoms with Crippen LogP contribution in [0.3, 0.4) is 0 Å². The minimum Gasteiger partial charge on any atom is -0.507 e. The number of ether oxygens (including phenoxy) is 1. The molecule has 1 aliphatic rings. The number of rotatable bonds is 5. The molecule has 0 radical (unpaired) electrons. The minimum absolute atomic E-state index is 0.00944. The molecular weight excluding hydrogens is 406 g/mol. The smallest absolute Gasteiger partial charge is 0.295 e. The fourth-order valence-corrected chi connectivity index (χ4v) is 4.16. The molecule has 3 aromatic rings. The number of aliphatic hydroxyl groups excluding tert-OH is 1. The summed E-state index contributed by atoms with van der Waals surface area (Å²) in [5.41, 5.74) is 3.49. The van der Waals surface area contributed by atoms with E-state index >= 15 is 0 Å². The van der Waals surface area contributed by atoms with Crippen molar-refractivity contribution in [3.8, 4) is 5.75 Å². The van der Waals surface area contributed by atoms with Gasteiger partial charge in [0.05, 0.1) is 24.3 Å². The first-order valence-electron chi connectivity index (χ1n) is 10.1. The molecule has 32 heavy (non-hydrogen) atoms. The number of methoxy groups -OCH3 is 1. The molecule has 7 nitrogen and oxygen atoms in total. The molecule has 0 saturated carbocycles. The third-order valence-corrected chi connectivity index (χ3v) is 5.49. The molecule has 4 rings (SSSR count). The Morgan fingerprint density at radius 3 is 2.44 bits per heavy atom.